The molecule has 4 nitrogen and oxygen atoms in total. The van der Waals surface area contributed by atoms with E-state index in [1.165, 1.54) is 8.42 Å². The van der Waals surface area contributed by atoms with E-state index < -0.39 is 0 Å². The van der Waals surface area contributed by atoms with Gasteiger partial charge >= 0.3 is 0 Å². The summed E-state index contributed by atoms with van der Waals surface area (Å²) in [4.78, 5) is 0. The molecule has 110 valence electrons. The Morgan fingerprint density at radius 3 is 1.53 bits per heavy atom. The van der Waals surface area contributed by atoms with E-state index in [0.29, 0.717) is 0 Å². The second-order valence-corrected chi connectivity index (χ2v) is 7.22. The predicted octanol–water partition coefficient (Wildman–Crippen LogP) is 3.17. The number of methoxy groups -OCH3 is 4. The summed E-state index contributed by atoms with van der Waals surface area (Å²) in [5.74, 6) is 1.58. The van der Waals surface area contributed by atoms with Crippen molar-refractivity contribution in [3.05, 3.63) is 12.1 Å². The third kappa shape index (κ3) is 6.48. The van der Waals surface area contributed by atoms with Crippen LogP contribution in [-0.2, 0) is 18.9 Å². The molecule has 0 saturated heterocycles. The molecule has 0 bridgehead atoms. The molecular weight excluding hydrogens is 304 g/mol. The van der Waals surface area contributed by atoms with Crippen LogP contribution in [-0.4, -0.2) is 52.5 Å². The van der Waals surface area contributed by atoms with Crippen LogP contribution >= 0.6 is 34.9 Å². The molecule has 0 N–H and O–H groups in total. The molecule has 0 radical (unpaired) electrons. The highest BCUT2D eigenvalue weighted by Gasteiger charge is 2.10. The molecular formula is C12H20O4S3. The lowest BCUT2D eigenvalue weighted by molar-refractivity contribution is -0.0844. The van der Waals surface area contributed by atoms with E-state index in [0.717, 1.165) is 11.5 Å². The monoisotopic (exact) mass is 324 g/mol. The number of thiophene rings is 1. The van der Waals surface area contributed by atoms with Gasteiger partial charge in [-0.15, -0.1) is 34.9 Å². The summed E-state index contributed by atoms with van der Waals surface area (Å²) in [6.45, 7) is 0. The Balaban J connectivity index is 2.35. The van der Waals surface area contributed by atoms with Crippen molar-refractivity contribution >= 4 is 34.9 Å². The topological polar surface area (TPSA) is 36.9 Å². The van der Waals surface area contributed by atoms with Crippen molar-refractivity contribution in [2.75, 3.05) is 39.9 Å². The van der Waals surface area contributed by atoms with Gasteiger partial charge < -0.3 is 18.9 Å². The first-order valence-corrected chi connectivity index (χ1v) is 8.48. The van der Waals surface area contributed by atoms with Gasteiger partial charge in [-0.2, -0.15) is 0 Å². The fourth-order valence-electron chi connectivity index (χ4n) is 1.22. The molecule has 0 amide bonds. The van der Waals surface area contributed by atoms with E-state index in [2.05, 4.69) is 12.1 Å². The van der Waals surface area contributed by atoms with E-state index in [1.807, 2.05) is 0 Å². The zero-order valence-electron chi connectivity index (χ0n) is 11.6. The summed E-state index contributed by atoms with van der Waals surface area (Å²) in [6.07, 6.45) is -0.316. The Hall–Kier alpha value is 0.240. The lowest BCUT2D eigenvalue weighted by Crippen LogP contribution is -2.15. The van der Waals surface area contributed by atoms with Crippen molar-refractivity contribution in [3.8, 4) is 0 Å². The average Bonchev–Trinajstić information content (AvgIpc) is 2.89. The molecule has 1 aromatic heterocycles. The maximum absolute atomic E-state index is 5.16. The number of rotatable bonds is 10. The predicted molar refractivity (Wildman–Crippen MR) is 81.4 cm³/mol. The van der Waals surface area contributed by atoms with Crippen molar-refractivity contribution in [1.29, 1.82) is 0 Å². The molecule has 0 unspecified atom stereocenters. The molecule has 19 heavy (non-hydrogen) atoms. The van der Waals surface area contributed by atoms with E-state index in [1.54, 1.807) is 63.3 Å². The van der Waals surface area contributed by atoms with Crippen LogP contribution in [0, 0.1) is 0 Å². The molecule has 0 atom stereocenters. The van der Waals surface area contributed by atoms with Crippen LogP contribution in [0.15, 0.2) is 20.6 Å². The summed E-state index contributed by atoms with van der Waals surface area (Å²) in [6, 6.07) is 4.24. The smallest absolute Gasteiger partial charge is 0.166 e. The van der Waals surface area contributed by atoms with Gasteiger partial charge in [0.1, 0.15) is 0 Å². The van der Waals surface area contributed by atoms with Gasteiger partial charge in [-0.25, -0.2) is 0 Å². The van der Waals surface area contributed by atoms with Gasteiger partial charge in [0.05, 0.1) is 19.9 Å². The molecule has 1 aromatic rings. The quantitative estimate of drug-likeness (QED) is 0.486. The summed E-state index contributed by atoms with van der Waals surface area (Å²) in [5, 5.41) is 0. The fourth-order valence-corrected chi connectivity index (χ4v) is 4.74. The Kier molecular flexibility index (Phi) is 9.14. The van der Waals surface area contributed by atoms with Crippen molar-refractivity contribution in [1.82, 2.24) is 0 Å². The van der Waals surface area contributed by atoms with Crippen molar-refractivity contribution in [2.45, 2.75) is 21.0 Å². The lowest BCUT2D eigenvalue weighted by atomic mass is 10.7. The fraction of sp³-hybridized carbons (Fsp3) is 0.667. The van der Waals surface area contributed by atoms with Gasteiger partial charge in [-0.1, -0.05) is 0 Å². The molecule has 0 aliphatic heterocycles. The normalized spacial score (nSPS) is 11.7. The first-order chi connectivity index (χ1) is 9.23. The third-order valence-electron chi connectivity index (χ3n) is 2.33. The molecule has 0 spiro atoms. The van der Waals surface area contributed by atoms with Gasteiger partial charge in [0.15, 0.2) is 12.6 Å². The highest BCUT2D eigenvalue weighted by Crippen LogP contribution is 2.34. The van der Waals surface area contributed by atoms with Crippen LogP contribution in [0.3, 0.4) is 0 Å². The van der Waals surface area contributed by atoms with Crippen LogP contribution in [0.2, 0.25) is 0 Å². The van der Waals surface area contributed by atoms with Gasteiger partial charge in [0.25, 0.3) is 0 Å². The van der Waals surface area contributed by atoms with Gasteiger partial charge in [0.2, 0.25) is 0 Å². The summed E-state index contributed by atoms with van der Waals surface area (Å²) in [7, 11) is 6.61. The molecule has 0 aliphatic rings. The Morgan fingerprint density at radius 1 is 0.842 bits per heavy atom. The second-order valence-electron chi connectivity index (χ2n) is 3.50. The highest BCUT2D eigenvalue weighted by molar-refractivity contribution is 8.03. The molecule has 1 heterocycles. The zero-order chi connectivity index (χ0) is 14.1. The first kappa shape index (κ1) is 17.3. The Bertz CT molecular complexity index is 307. The van der Waals surface area contributed by atoms with Crippen LogP contribution in [0.4, 0.5) is 0 Å². The van der Waals surface area contributed by atoms with E-state index in [9.17, 15) is 0 Å². The average molecular weight is 324 g/mol. The summed E-state index contributed by atoms with van der Waals surface area (Å²) in [5.41, 5.74) is 0. The number of ether oxygens (including phenoxy) is 4. The molecule has 0 aromatic carbocycles. The minimum atomic E-state index is -0.158. The van der Waals surface area contributed by atoms with Gasteiger partial charge in [-0.05, 0) is 12.1 Å². The van der Waals surface area contributed by atoms with E-state index in [-0.39, 0.29) is 12.6 Å². The standard InChI is InChI=1S/C12H20O4S3/c1-13-9(14-2)7-17-11-5-6-12(19-11)18-8-10(15-3)16-4/h5-6,9-10H,7-8H2,1-4H3. The second kappa shape index (κ2) is 10.0. The molecule has 7 heteroatoms. The number of hydrogen-bond donors (Lipinski definition) is 0. The van der Waals surface area contributed by atoms with Gasteiger partial charge in [0, 0.05) is 28.4 Å². The largest absolute Gasteiger partial charge is 0.355 e. The van der Waals surface area contributed by atoms with Crippen molar-refractivity contribution < 1.29 is 18.9 Å². The molecule has 0 aliphatic carbocycles. The van der Waals surface area contributed by atoms with Crippen LogP contribution in [0.1, 0.15) is 0 Å². The van der Waals surface area contributed by atoms with Gasteiger partial charge in [-0.3, -0.25) is 0 Å². The SMILES string of the molecule is COC(CSc1ccc(SCC(OC)OC)s1)OC. The van der Waals surface area contributed by atoms with Crippen LogP contribution in [0.25, 0.3) is 0 Å². The maximum Gasteiger partial charge on any atom is 0.166 e. The summed E-state index contributed by atoms with van der Waals surface area (Å²) >= 11 is 5.24. The number of hydrogen-bond acceptors (Lipinski definition) is 7. The summed E-state index contributed by atoms with van der Waals surface area (Å²) < 4.78 is 23.2. The molecule has 0 saturated carbocycles. The van der Waals surface area contributed by atoms with Crippen molar-refractivity contribution in [2.24, 2.45) is 0 Å². The highest BCUT2D eigenvalue weighted by atomic mass is 32.2. The lowest BCUT2D eigenvalue weighted by Gasteiger charge is -2.12. The Morgan fingerprint density at radius 2 is 1.21 bits per heavy atom. The third-order valence-corrected chi connectivity index (χ3v) is 5.93. The van der Waals surface area contributed by atoms with Crippen molar-refractivity contribution in [3.63, 3.8) is 0 Å². The zero-order valence-corrected chi connectivity index (χ0v) is 14.0. The van der Waals surface area contributed by atoms with Crippen LogP contribution in [0.5, 0.6) is 0 Å². The Labute approximate surface area is 127 Å². The van der Waals surface area contributed by atoms with E-state index >= 15 is 0 Å². The number of thioether (sulfide) groups is 2. The van der Waals surface area contributed by atoms with E-state index in [4.69, 9.17) is 18.9 Å². The minimum Gasteiger partial charge on any atom is -0.355 e. The van der Waals surface area contributed by atoms with Crippen LogP contribution < -0.4 is 0 Å². The maximum atomic E-state index is 5.16. The minimum absolute atomic E-state index is 0.158. The molecule has 0 fully saturated rings. The first-order valence-electron chi connectivity index (χ1n) is 5.70. The molecule has 1 rings (SSSR count).